The Morgan fingerprint density at radius 3 is 1.24 bits per heavy atom. The van der Waals surface area contributed by atoms with E-state index in [1.807, 2.05) is 0 Å². The van der Waals surface area contributed by atoms with E-state index in [0.717, 1.165) is 6.42 Å². The second kappa shape index (κ2) is 26.7. The largest absolute Gasteiger partial charge is 0.394 e. The van der Waals surface area contributed by atoms with E-state index in [0.29, 0.717) is 90.1 Å². The first-order chi connectivity index (χ1) is 34.2. The van der Waals surface area contributed by atoms with Crippen LogP contribution in [0, 0.1) is 0 Å². The number of hydrogen-bond acceptors (Lipinski definition) is 23. The van der Waals surface area contributed by atoms with Crippen molar-refractivity contribution in [2.45, 2.75) is 226 Å². The number of aliphatic hydroxyl groups excluding tert-OH is 4. The fourth-order valence-electron chi connectivity index (χ4n) is 10.5. The Labute approximate surface area is 409 Å². The Balaban J connectivity index is 0.738. The van der Waals surface area contributed by atoms with Crippen LogP contribution < -0.4 is 0 Å². The fourth-order valence-corrected chi connectivity index (χ4v) is 10.5. The first-order valence-electron chi connectivity index (χ1n) is 25.7. The lowest BCUT2D eigenvalue weighted by molar-refractivity contribution is -0.345. The minimum Gasteiger partial charge on any atom is -0.394 e. The molecule has 404 valence electrons. The molecule has 0 radical (unpaired) electrons. The zero-order valence-electron chi connectivity index (χ0n) is 40.5. The number of ether oxygens (including phenoxy) is 19. The lowest BCUT2D eigenvalue weighted by Crippen LogP contribution is -2.58. The monoisotopic (exact) mass is 1010 g/mol. The van der Waals surface area contributed by atoms with Gasteiger partial charge in [0.15, 0.2) is 56.6 Å². The summed E-state index contributed by atoms with van der Waals surface area (Å²) in [6.45, 7) is 1.13. The number of hydrogen-bond donors (Lipinski definition) is 4. The molecule has 0 aliphatic carbocycles. The smallest absolute Gasteiger partial charge is 0.186 e. The van der Waals surface area contributed by atoms with Crippen molar-refractivity contribution in [2.75, 3.05) is 73.7 Å². The second-order valence-electron chi connectivity index (χ2n) is 19.6. The molecule has 0 saturated carbocycles. The highest BCUT2D eigenvalue weighted by molar-refractivity contribution is 4.89. The number of methoxy groups -OCH3 is 2. The molecule has 9 saturated heterocycles. The Bertz CT molecular complexity index is 1500. The van der Waals surface area contributed by atoms with Gasteiger partial charge in [0, 0.05) is 65.6 Å². The van der Waals surface area contributed by atoms with Crippen molar-refractivity contribution in [3.8, 4) is 0 Å². The molecule has 0 amide bonds. The average molecular weight is 1010 g/mol. The molecule has 9 rings (SSSR count). The van der Waals surface area contributed by atoms with Crippen molar-refractivity contribution in [3.05, 3.63) is 0 Å². The lowest BCUT2D eigenvalue weighted by atomic mass is 10.0. The minimum absolute atomic E-state index is 0.0412. The van der Waals surface area contributed by atoms with Gasteiger partial charge in [-0.1, -0.05) is 0 Å². The van der Waals surface area contributed by atoms with Crippen molar-refractivity contribution in [1.82, 2.24) is 0 Å². The zero-order valence-corrected chi connectivity index (χ0v) is 40.5. The van der Waals surface area contributed by atoms with E-state index < -0.39 is 99.3 Å². The van der Waals surface area contributed by atoms with Crippen molar-refractivity contribution in [1.29, 1.82) is 0 Å². The fraction of sp³-hybridized carbons (Fsp3) is 1.00. The molecule has 0 aromatic carbocycles. The van der Waals surface area contributed by atoms with Crippen LogP contribution in [-0.4, -0.2) is 230 Å². The Kier molecular flexibility index (Phi) is 20.6. The molecule has 22 unspecified atom stereocenters. The second-order valence-corrected chi connectivity index (χ2v) is 19.6. The van der Waals surface area contributed by atoms with Crippen LogP contribution >= 0.6 is 0 Å². The van der Waals surface area contributed by atoms with Crippen LogP contribution in [0.4, 0.5) is 0 Å². The molecule has 0 aromatic heterocycles. The van der Waals surface area contributed by atoms with Crippen LogP contribution in [-0.2, 0) is 90.0 Å². The van der Waals surface area contributed by atoms with Crippen molar-refractivity contribution in [2.24, 2.45) is 0 Å². The first-order valence-corrected chi connectivity index (χ1v) is 25.7. The van der Waals surface area contributed by atoms with Crippen LogP contribution in [0.1, 0.15) is 89.9 Å². The molecule has 4 N–H and O–H groups in total. The van der Waals surface area contributed by atoms with Gasteiger partial charge in [0.1, 0.15) is 30.5 Å². The molecular weight excluding hydrogens is 932 g/mol. The molecule has 9 heterocycles. The summed E-state index contributed by atoms with van der Waals surface area (Å²) in [6, 6.07) is 0. The predicted molar refractivity (Wildman–Crippen MR) is 233 cm³/mol. The van der Waals surface area contributed by atoms with Gasteiger partial charge in [0.2, 0.25) is 0 Å². The Morgan fingerprint density at radius 2 is 0.771 bits per heavy atom. The quantitative estimate of drug-likeness (QED) is 0.124. The summed E-state index contributed by atoms with van der Waals surface area (Å²) >= 11 is 0. The van der Waals surface area contributed by atoms with Gasteiger partial charge >= 0.3 is 0 Å². The topological polar surface area (TPSA) is 256 Å². The highest BCUT2D eigenvalue weighted by Gasteiger charge is 2.48. The van der Waals surface area contributed by atoms with Gasteiger partial charge in [-0.25, -0.2) is 0 Å². The maximum atomic E-state index is 11.8. The summed E-state index contributed by atoms with van der Waals surface area (Å²) in [5.41, 5.74) is 0. The third-order valence-electron chi connectivity index (χ3n) is 14.6. The van der Waals surface area contributed by atoms with Gasteiger partial charge in [-0.2, -0.15) is 0 Å². The molecule has 0 spiro atoms. The van der Waals surface area contributed by atoms with E-state index in [1.165, 1.54) is 0 Å². The summed E-state index contributed by atoms with van der Waals surface area (Å²) in [6.07, 6.45) is -2.88. The van der Waals surface area contributed by atoms with Gasteiger partial charge < -0.3 is 110 Å². The predicted octanol–water partition coefficient (Wildman–Crippen LogP) is 0.841. The molecule has 0 aromatic rings. The van der Waals surface area contributed by atoms with Crippen LogP contribution in [0.25, 0.3) is 0 Å². The van der Waals surface area contributed by atoms with E-state index in [4.69, 9.17) is 90.0 Å². The van der Waals surface area contributed by atoms with Gasteiger partial charge in [-0.05, 0) is 38.5 Å². The molecular formula is C47H78O23. The van der Waals surface area contributed by atoms with Gasteiger partial charge in [-0.15, -0.1) is 0 Å². The maximum absolute atomic E-state index is 11.8. The highest BCUT2D eigenvalue weighted by Crippen LogP contribution is 2.35. The van der Waals surface area contributed by atoms with E-state index in [-0.39, 0.29) is 89.5 Å². The van der Waals surface area contributed by atoms with E-state index in [2.05, 4.69) is 0 Å². The number of rotatable bonds is 21. The molecule has 23 heteroatoms. The van der Waals surface area contributed by atoms with Crippen LogP contribution in [0.5, 0.6) is 0 Å². The van der Waals surface area contributed by atoms with Crippen LogP contribution in [0.15, 0.2) is 0 Å². The standard InChI is InChI=1S/C47H78O23/c1-52-29-6-9-37(54-20-29)68-35-24-58-44(16-33(35)66-41-13-4-27(18-49)61-41)63-30-7-10-39(55-21-30)69-36-25-59-47(45(51)46(36)70-42-14-5-28(19-50)62-42)64-31-8-11-38(56-22-31)67-34-23-57-43(53-2)15-32(34)65-40-12-3-26(17-48)60-40/h26-51H,3-25H2,1-2H3. The van der Waals surface area contributed by atoms with E-state index >= 15 is 0 Å². The first kappa shape index (κ1) is 53.9. The number of aliphatic hydroxyl groups is 4. The molecule has 23 nitrogen and oxygen atoms in total. The normalized spacial score (nSPS) is 46.4. The highest BCUT2D eigenvalue weighted by atomic mass is 16.8. The zero-order chi connectivity index (χ0) is 48.4. The summed E-state index contributed by atoms with van der Waals surface area (Å²) in [7, 11) is 3.26. The molecule has 9 fully saturated rings. The molecule has 70 heavy (non-hydrogen) atoms. The SMILES string of the molecule is COC1CCC(OC2COC(OC3CCC(OC4COC(OC5CCC(OC6COC(OC)CC6OC6CCC(CO)O6)OC5)C(O)C4OC4CCC(CO)O4)OC3)CC2OC2CCC(CO)O2)OC1. The van der Waals surface area contributed by atoms with Gasteiger partial charge in [-0.3, -0.25) is 0 Å². The minimum atomic E-state index is -1.26. The third-order valence-corrected chi connectivity index (χ3v) is 14.6. The van der Waals surface area contributed by atoms with Crippen LogP contribution in [0.3, 0.4) is 0 Å². The molecule has 22 atom stereocenters. The summed E-state index contributed by atoms with van der Waals surface area (Å²) < 4.78 is 116. The molecule has 9 aliphatic rings. The van der Waals surface area contributed by atoms with Crippen molar-refractivity contribution < 1.29 is 110 Å². The van der Waals surface area contributed by atoms with E-state index in [1.54, 1.807) is 14.2 Å². The third kappa shape index (κ3) is 14.7. The van der Waals surface area contributed by atoms with Gasteiger partial charge in [0.25, 0.3) is 0 Å². The molecule has 0 bridgehead atoms. The van der Waals surface area contributed by atoms with Crippen molar-refractivity contribution in [3.63, 3.8) is 0 Å². The van der Waals surface area contributed by atoms with E-state index in [9.17, 15) is 20.4 Å². The van der Waals surface area contributed by atoms with Crippen LogP contribution in [0.2, 0.25) is 0 Å². The maximum Gasteiger partial charge on any atom is 0.186 e. The summed E-state index contributed by atoms with van der Waals surface area (Å²) in [5.74, 6) is 0. The van der Waals surface area contributed by atoms with Crippen molar-refractivity contribution >= 4 is 0 Å². The molecule has 9 aliphatic heterocycles. The average Bonchev–Trinajstić information content (AvgIpc) is 4.18. The summed E-state index contributed by atoms with van der Waals surface area (Å²) in [4.78, 5) is 0. The summed E-state index contributed by atoms with van der Waals surface area (Å²) in [5, 5.41) is 40.7. The lowest BCUT2D eigenvalue weighted by Gasteiger charge is -2.44. The van der Waals surface area contributed by atoms with Gasteiger partial charge in [0.05, 0.1) is 108 Å². The Morgan fingerprint density at radius 1 is 0.357 bits per heavy atom. The Hall–Kier alpha value is -0.920.